The summed E-state index contributed by atoms with van der Waals surface area (Å²) in [4.78, 5) is 15.4. The number of pyridine rings is 1. The number of carbonyl (C=O) groups excluding carboxylic acids is 1. The predicted octanol–water partition coefficient (Wildman–Crippen LogP) is 2.28. The molecule has 0 aliphatic heterocycles. The lowest BCUT2D eigenvalue weighted by Gasteiger charge is -2.17. The highest BCUT2D eigenvalue weighted by Crippen LogP contribution is 2.21. The third kappa shape index (κ3) is 3.55. The zero-order valence-corrected chi connectivity index (χ0v) is 10.8. The normalized spacial score (nSPS) is 11.8. The lowest BCUT2D eigenvalue weighted by Crippen LogP contribution is -2.16. The van der Waals surface area contributed by atoms with Crippen LogP contribution in [0.5, 0.6) is 0 Å². The average Bonchev–Trinajstić information content (AvgIpc) is 2.41. The van der Waals surface area contributed by atoms with Crippen LogP contribution < -0.4 is 11.1 Å². The fourth-order valence-corrected chi connectivity index (χ4v) is 1.94. The Morgan fingerprint density at radius 2 is 2.00 bits per heavy atom. The van der Waals surface area contributed by atoms with E-state index in [2.05, 4.69) is 10.3 Å². The lowest BCUT2D eigenvalue weighted by molar-refractivity contribution is -0.117. The van der Waals surface area contributed by atoms with Crippen LogP contribution in [0.4, 0.5) is 5.69 Å². The van der Waals surface area contributed by atoms with Crippen LogP contribution in [0.1, 0.15) is 24.2 Å². The van der Waals surface area contributed by atoms with Crippen LogP contribution in [0.25, 0.3) is 0 Å². The van der Waals surface area contributed by atoms with Crippen molar-refractivity contribution in [1.82, 2.24) is 4.98 Å². The van der Waals surface area contributed by atoms with E-state index in [1.165, 1.54) is 0 Å². The van der Waals surface area contributed by atoms with E-state index >= 15 is 0 Å². The maximum atomic E-state index is 11.1. The van der Waals surface area contributed by atoms with E-state index in [1.54, 1.807) is 6.20 Å². The molecule has 0 bridgehead atoms. The Morgan fingerprint density at radius 3 is 2.68 bits per heavy atom. The Morgan fingerprint density at radius 1 is 1.26 bits per heavy atom. The van der Waals surface area contributed by atoms with Gasteiger partial charge < -0.3 is 11.1 Å². The zero-order chi connectivity index (χ0) is 13.7. The van der Waals surface area contributed by atoms with Crippen LogP contribution in [0.2, 0.25) is 0 Å². The van der Waals surface area contributed by atoms with Crippen molar-refractivity contribution in [1.29, 1.82) is 0 Å². The number of hydrogen-bond donors (Lipinski definition) is 2. The summed E-state index contributed by atoms with van der Waals surface area (Å²) in [6.07, 6.45) is 2.00. The van der Waals surface area contributed by atoms with E-state index in [4.69, 9.17) is 5.73 Å². The third-order valence-electron chi connectivity index (χ3n) is 2.89. The Bertz CT molecular complexity index is 554. The first-order valence-electron chi connectivity index (χ1n) is 6.20. The van der Waals surface area contributed by atoms with Gasteiger partial charge in [0.2, 0.25) is 5.91 Å². The van der Waals surface area contributed by atoms with E-state index in [0.717, 1.165) is 16.9 Å². The lowest BCUT2D eigenvalue weighted by atomic mass is 10.1. The summed E-state index contributed by atoms with van der Waals surface area (Å²) >= 11 is 0. The second-order valence-electron chi connectivity index (χ2n) is 4.42. The van der Waals surface area contributed by atoms with Crippen molar-refractivity contribution in [2.24, 2.45) is 5.73 Å². The van der Waals surface area contributed by atoms with Gasteiger partial charge in [-0.1, -0.05) is 24.3 Å². The summed E-state index contributed by atoms with van der Waals surface area (Å²) in [5.74, 6) is -0.334. The molecular formula is C15H17N3O. The SMILES string of the molecule is CC(Nc1ccccc1CC(N)=O)c1ccccn1. The van der Waals surface area contributed by atoms with Crippen LogP contribution in [-0.2, 0) is 11.2 Å². The summed E-state index contributed by atoms with van der Waals surface area (Å²) < 4.78 is 0. The van der Waals surface area contributed by atoms with E-state index < -0.39 is 0 Å². The molecule has 0 fully saturated rings. The van der Waals surface area contributed by atoms with Gasteiger partial charge in [-0.2, -0.15) is 0 Å². The fraction of sp³-hybridized carbons (Fsp3) is 0.200. The van der Waals surface area contributed by atoms with Crippen molar-refractivity contribution in [2.45, 2.75) is 19.4 Å². The highest BCUT2D eigenvalue weighted by atomic mass is 16.1. The number of amides is 1. The summed E-state index contributed by atoms with van der Waals surface area (Å²) in [5.41, 5.74) is 8.03. The molecule has 1 atom stereocenters. The number of para-hydroxylation sites is 1. The van der Waals surface area contributed by atoms with Crippen molar-refractivity contribution < 1.29 is 4.79 Å². The molecule has 4 heteroatoms. The van der Waals surface area contributed by atoms with Crippen LogP contribution in [-0.4, -0.2) is 10.9 Å². The van der Waals surface area contributed by atoms with E-state index in [9.17, 15) is 4.79 Å². The molecule has 1 aromatic heterocycles. The smallest absolute Gasteiger partial charge is 0.221 e. The fourth-order valence-electron chi connectivity index (χ4n) is 1.94. The topological polar surface area (TPSA) is 68.0 Å². The summed E-state index contributed by atoms with van der Waals surface area (Å²) in [5, 5.41) is 3.36. The number of rotatable bonds is 5. The molecule has 0 spiro atoms. The van der Waals surface area contributed by atoms with Gasteiger partial charge in [0.25, 0.3) is 0 Å². The molecule has 1 amide bonds. The van der Waals surface area contributed by atoms with Crippen LogP contribution in [0.3, 0.4) is 0 Å². The van der Waals surface area contributed by atoms with E-state index in [1.807, 2.05) is 49.4 Å². The zero-order valence-electron chi connectivity index (χ0n) is 10.8. The second-order valence-corrected chi connectivity index (χ2v) is 4.42. The largest absolute Gasteiger partial charge is 0.377 e. The van der Waals surface area contributed by atoms with Crippen molar-refractivity contribution in [3.05, 3.63) is 59.9 Å². The van der Waals surface area contributed by atoms with Crippen LogP contribution in [0, 0.1) is 0 Å². The second kappa shape index (κ2) is 6.00. The minimum atomic E-state index is -0.334. The monoisotopic (exact) mass is 255 g/mol. The molecule has 1 aromatic carbocycles. The van der Waals surface area contributed by atoms with Crippen LogP contribution in [0.15, 0.2) is 48.7 Å². The number of nitrogens with one attached hydrogen (secondary N) is 1. The van der Waals surface area contributed by atoms with Crippen molar-refractivity contribution in [3.63, 3.8) is 0 Å². The molecule has 4 nitrogen and oxygen atoms in total. The molecule has 19 heavy (non-hydrogen) atoms. The molecule has 0 aliphatic carbocycles. The van der Waals surface area contributed by atoms with Crippen molar-refractivity contribution in [3.8, 4) is 0 Å². The highest BCUT2D eigenvalue weighted by Gasteiger charge is 2.10. The Labute approximate surface area is 112 Å². The molecule has 0 aliphatic rings. The van der Waals surface area contributed by atoms with Gasteiger partial charge in [-0.05, 0) is 30.7 Å². The molecule has 2 aromatic rings. The number of nitrogens with two attached hydrogens (primary N) is 1. The number of primary amides is 1. The van der Waals surface area contributed by atoms with Gasteiger partial charge in [-0.15, -0.1) is 0 Å². The molecule has 98 valence electrons. The molecule has 0 saturated heterocycles. The van der Waals surface area contributed by atoms with Gasteiger partial charge in [0.05, 0.1) is 18.2 Å². The highest BCUT2D eigenvalue weighted by molar-refractivity contribution is 5.78. The molecule has 3 N–H and O–H groups in total. The van der Waals surface area contributed by atoms with Gasteiger partial charge in [-0.25, -0.2) is 0 Å². The number of carbonyl (C=O) groups is 1. The Balaban J connectivity index is 2.17. The summed E-state index contributed by atoms with van der Waals surface area (Å²) in [6.45, 7) is 2.03. The summed E-state index contributed by atoms with van der Waals surface area (Å²) in [7, 11) is 0. The first-order chi connectivity index (χ1) is 9.16. The van der Waals surface area contributed by atoms with Gasteiger partial charge in [0.15, 0.2) is 0 Å². The summed E-state index contributed by atoms with van der Waals surface area (Å²) in [6, 6.07) is 13.5. The molecule has 0 saturated carbocycles. The van der Waals surface area contributed by atoms with Gasteiger partial charge in [-0.3, -0.25) is 9.78 Å². The standard InChI is InChI=1S/C15H17N3O/c1-11(13-7-4-5-9-17-13)18-14-8-3-2-6-12(14)10-15(16)19/h2-9,11,18H,10H2,1H3,(H2,16,19). The maximum Gasteiger partial charge on any atom is 0.221 e. The van der Waals surface area contributed by atoms with Gasteiger partial charge in [0.1, 0.15) is 0 Å². The van der Waals surface area contributed by atoms with Crippen molar-refractivity contribution in [2.75, 3.05) is 5.32 Å². The van der Waals surface area contributed by atoms with Gasteiger partial charge in [0, 0.05) is 11.9 Å². The molecule has 0 radical (unpaired) electrons. The predicted molar refractivity (Wildman–Crippen MR) is 75.6 cm³/mol. The maximum absolute atomic E-state index is 11.1. The molecule has 1 unspecified atom stereocenters. The quantitative estimate of drug-likeness (QED) is 0.861. The van der Waals surface area contributed by atoms with Crippen molar-refractivity contribution >= 4 is 11.6 Å². The Kier molecular flexibility index (Phi) is 4.13. The van der Waals surface area contributed by atoms with Crippen LogP contribution >= 0.6 is 0 Å². The first kappa shape index (κ1) is 13.1. The first-order valence-corrected chi connectivity index (χ1v) is 6.20. The Hall–Kier alpha value is -2.36. The average molecular weight is 255 g/mol. The minimum absolute atomic E-state index is 0.0650. The van der Waals surface area contributed by atoms with Gasteiger partial charge >= 0.3 is 0 Å². The number of aromatic nitrogens is 1. The number of benzene rings is 1. The number of nitrogens with zero attached hydrogens (tertiary/aromatic N) is 1. The van der Waals surface area contributed by atoms with E-state index in [-0.39, 0.29) is 18.4 Å². The number of anilines is 1. The third-order valence-corrected chi connectivity index (χ3v) is 2.89. The van der Waals surface area contributed by atoms with E-state index in [0.29, 0.717) is 0 Å². The molecule has 1 heterocycles. The molecule has 2 rings (SSSR count). The minimum Gasteiger partial charge on any atom is -0.377 e. The number of hydrogen-bond acceptors (Lipinski definition) is 3. The molecular weight excluding hydrogens is 238 g/mol.